The first-order valence-corrected chi connectivity index (χ1v) is 4.57. The monoisotopic (exact) mass is 241 g/mol. The van der Waals surface area contributed by atoms with Crippen LogP contribution in [-0.2, 0) is 0 Å². The normalized spacial score (nSPS) is 10.4. The number of carbonyl (C=O) groups is 1. The van der Waals surface area contributed by atoms with Crippen molar-refractivity contribution in [3.05, 3.63) is 34.7 Å². The molecule has 0 saturated carbocycles. The Balaban J connectivity index is 2.54. The number of aromatic nitrogens is 3. The van der Waals surface area contributed by atoms with Gasteiger partial charge in [0, 0.05) is 5.56 Å². The molecule has 0 bridgehead atoms. The molecule has 1 aromatic heterocycles. The molecule has 1 heterocycles. The van der Waals surface area contributed by atoms with Gasteiger partial charge in [-0.2, -0.15) is 10.3 Å². The van der Waals surface area contributed by atoms with E-state index in [2.05, 4.69) is 15.4 Å². The Kier molecular flexibility index (Phi) is 2.57. The van der Waals surface area contributed by atoms with Crippen molar-refractivity contribution >= 4 is 17.6 Å². The van der Waals surface area contributed by atoms with Crippen LogP contribution >= 0.6 is 11.6 Å². The molecule has 0 unspecified atom stereocenters. The van der Waals surface area contributed by atoms with E-state index >= 15 is 0 Å². The Hall–Kier alpha value is -1.95. The van der Waals surface area contributed by atoms with Gasteiger partial charge in [0.05, 0.1) is 5.02 Å². The number of aromatic amines is 1. The maximum atomic E-state index is 13.2. The van der Waals surface area contributed by atoms with Crippen molar-refractivity contribution in [1.82, 2.24) is 15.4 Å². The highest BCUT2D eigenvalue weighted by Gasteiger charge is 2.17. The summed E-state index contributed by atoms with van der Waals surface area (Å²) in [7, 11) is 0. The van der Waals surface area contributed by atoms with E-state index in [4.69, 9.17) is 16.7 Å². The zero-order valence-corrected chi connectivity index (χ0v) is 8.49. The van der Waals surface area contributed by atoms with Crippen LogP contribution in [0.5, 0.6) is 0 Å². The van der Waals surface area contributed by atoms with E-state index in [-0.39, 0.29) is 16.4 Å². The van der Waals surface area contributed by atoms with Gasteiger partial charge in [-0.3, -0.25) is 0 Å². The molecule has 0 aliphatic carbocycles. The summed E-state index contributed by atoms with van der Waals surface area (Å²) >= 11 is 5.51. The lowest BCUT2D eigenvalue weighted by Gasteiger charge is -1.99. The number of halogens is 2. The third-order valence-electron chi connectivity index (χ3n) is 1.94. The maximum absolute atomic E-state index is 13.2. The highest BCUT2D eigenvalue weighted by Crippen LogP contribution is 2.24. The predicted molar refractivity (Wildman–Crippen MR) is 53.7 cm³/mol. The van der Waals surface area contributed by atoms with Gasteiger partial charge >= 0.3 is 5.97 Å². The molecule has 5 nitrogen and oxygen atoms in total. The van der Waals surface area contributed by atoms with Gasteiger partial charge in [0.1, 0.15) is 11.5 Å². The summed E-state index contributed by atoms with van der Waals surface area (Å²) in [6.45, 7) is 0. The third kappa shape index (κ3) is 1.74. The zero-order valence-electron chi connectivity index (χ0n) is 7.74. The van der Waals surface area contributed by atoms with Crippen LogP contribution in [0.15, 0.2) is 18.2 Å². The lowest BCUT2D eigenvalue weighted by molar-refractivity contribution is 0.0691. The second kappa shape index (κ2) is 3.90. The number of nitrogens with one attached hydrogen (secondary N) is 1. The molecule has 1 aromatic carbocycles. The number of hydrogen-bond donors (Lipinski definition) is 2. The third-order valence-corrected chi connectivity index (χ3v) is 2.25. The number of nitrogens with zero attached hydrogens (tertiary/aromatic N) is 2. The Labute approximate surface area is 93.9 Å². The van der Waals surface area contributed by atoms with Gasteiger partial charge < -0.3 is 5.11 Å². The SMILES string of the molecule is O=C(O)c1n[nH]nc1-c1ccc(Cl)c(F)c1. The highest BCUT2D eigenvalue weighted by molar-refractivity contribution is 6.30. The molecule has 0 spiro atoms. The first kappa shape index (κ1) is 10.6. The van der Waals surface area contributed by atoms with Crippen molar-refractivity contribution in [2.75, 3.05) is 0 Å². The number of carboxylic acids is 1. The topological polar surface area (TPSA) is 78.9 Å². The van der Waals surface area contributed by atoms with E-state index in [0.29, 0.717) is 5.56 Å². The van der Waals surface area contributed by atoms with E-state index < -0.39 is 11.8 Å². The number of carboxylic acid groups (broad SMARTS) is 1. The molecule has 0 atom stereocenters. The van der Waals surface area contributed by atoms with Crippen molar-refractivity contribution in [3.8, 4) is 11.3 Å². The van der Waals surface area contributed by atoms with E-state index in [9.17, 15) is 9.18 Å². The van der Waals surface area contributed by atoms with Crippen LogP contribution in [0.4, 0.5) is 4.39 Å². The quantitative estimate of drug-likeness (QED) is 0.842. The molecule has 2 aromatic rings. The molecule has 82 valence electrons. The second-order valence-electron chi connectivity index (χ2n) is 2.95. The van der Waals surface area contributed by atoms with Gasteiger partial charge in [-0.15, -0.1) is 5.10 Å². The number of rotatable bonds is 2. The average Bonchev–Trinajstić information content (AvgIpc) is 2.71. The van der Waals surface area contributed by atoms with E-state index in [1.165, 1.54) is 12.1 Å². The van der Waals surface area contributed by atoms with Gasteiger partial charge in [-0.05, 0) is 12.1 Å². The van der Waals surface area contributed by atoms with Gasteiger partial charge in [0.2, 0.25) is 0 Å². The minimum Gasteiger partial charge on any atom is -0.476 e. The Morgan fingerprint density at radius 3 is 2.81 bits per heavy atom. The molecule has 0 aliphatic heterocycles. The molecule has 0 amide bonds. The van der Waals surface area contributed by atoms with Crippen LogP contribution in [0, 0.1) is 5.82 Å². The second-order valence-corrected chi connectivity index (χ2v) is 3.36. The highest BCUT2D eigenvalue weighted by atomic mass is 35.5. The first-order valence-electron chi connectivity index (χ1n) is 4.19. The van der Waals surface area contributed by atoms with Crippen molar-refractivity contribution in [2.24, 2.45) is 0 Å². The largest absolute Gasteiger partial charge is 0.476 e. The molecular weight excluding hydrogens is 237 g/mol. The van der Waals surface area contributed by atoms with Crippen LogP contribution in [0.3, 0.4) is 0 Å². The van der Waals surface area contributed by atoms with Crippen LogP contribution in [0.2, 0.25) is 5.02 Å². The van der Waals surface area contributed by atoms with Crippen LogP contribution in [0.1, 0.15) is 10.5 Å². The Morgan fingerprint density at radius 2 is 2.19 bits per heavy atom. The molecule has 0 fully saturated rings. The van der Waals surface area contributed by atoms with Crippen molar-refractivity contribution < 1.29 is 14.3 Å². The molecular formula is C9H5ClFN3O2. The summed E-state index contributed by atoms with van der Waals surface area (Å²) in [6, 6.07) is 3.90. The number of H-pyrrole nitrogens is 1. The Morgan fingerprint density at radius 1 is 1.44 bits per heavy atom. The summed E-state index contributed by atoms with van der Waals surface area (Å²) in [5.41, 5.74) is 0.109. The number of hydrogen-bond acceptors (Lipinski definition) is 3. The van der Waals surface area contributed by atoms with E-state index in [1.807, 2.05) is 0 Å². The number of benzene rings is 1. The molecule has 2 rings (SSSR count). The van der Waals surface area contributed by atoms with Crippen LogP contribution in [0.25, 0.3) is 11.3 Å². The number of aromatic carboxylic acids is 1. The average molecular weight is 242 g/mol. The molecule has 0 aliphatic rings. The fourth-order valence-electron chi connectivity index (χ4n) is 1.22. The molecule has 16 heavy (non-hydrogen) atoms. The predicted octanol–water partition coefficient (Wildman–Crippen LogP) is 1.96. The molecule has 0 saturated heterocycles. The van der Waals surface area contributed by atoms with E-state index in [1.54, 1.807) is 0 Å². The van der Waals surface area contributed by atoms with Gasteiger partial charge in [0.25, 0.3) is 0 Å². The van der Waals surface area contributed by atoms with E-state index in [0.717, 1.165) is 6.07 Å². The smallest absolute Gasteiger partial charge is 0.358 e. The van der Waals surface area contributed by atoms with Gasteiger partial charge in [-0.1, -0.05) is 17.7 Å². The summed E-state index contributed by atoms with van der Waals surface area (Å²) in [6.07, 6.45) is 0. The summed E-state index contributed by atoms with van der Waals surface area (Å²) < 4.78 is 13.2. The summed E-state index contributed by atoms with van der Waals surface area (Å²) in [4.78, 5) is 10.8. The zero-order chi connectivity index (χ0) is 11.7. The Bertz CT molecular complexity index is 555. The minimum absolute atomic E-state index is 0.0379. The lowest BCUT2D eigenvalue weighted by Crippen LogP contribution is -1.99. The van der Waals surface area contributed by atoms with Crippen LogP contribution < -0.4 is 0 Å². The molecule has 0 radical (unpaired) electrons. The standard InChI is InChI=1S/C9H5ClFN3O2/c10-5-2-1-4(3-6(5)11)7-8(9(15)16)13-14-12-7/h1-3H,(H,15,16)(H,12,13,14). The van der Waals surface area contributed by atoms with Crippen LogP contribution in [-0.4, -0.2) is 26.5 Å². The molecule has 7 heteroatoms. The first-order chi connectivity index (χ1) is 7.59. The fourth-order valence-corrected chi connectivity index (χ4v) is 1.34. The maximum Gasteiger partial charge on any atom is 0.358 e. The summed E-state index contributed by atoms with van der Waals surface area (Å²) in [5.74, 6) is -1.88. The minimum atomic E-state index is -1.24. The summed E-state index contributed by atoms with van der Waals surface area (Å²) in [5, 5.41) is 18.0. The molecule has 2 N–H and O–H groups in total. The van der Waals surface area contributed by atoms with Crippen molar-refractivity contribution in [2.45, 2.75) is 0 Å². The van der Waals surface area contributed by atoms with Crippen molar-refractivity contribution in [1.29, 1.82) is 0 Å². The lowest BCUT2D eigenvalue weighted by atomic mass is 10.1. The van der Waals surface area contributed by atoms with Gasteiger partial charge in [0.15, 0.2) is 5.69 Å². The van der Waals surface area contributed by atoms with Gasteiger partial charge in [-0.25, -0.2) is 9.18 Å². The fraction of sp³-hybridized carbons (Fsp3) is 0. The van der Waals surface area contributed by atoms with Crippen molar-refractivity contribution in [3.63, 3.8) is 0 Å².